The van der Waals surface area contributed by atoms with Gasteiger partial charge in [0.05, 0.1) is 22.6 Å². The van der Waals surface area contributed by atoms with Crippen LogP contribution in [0.4, 0.5) is 0 Å². The summed E-state index contributed by atoms with van der Waals surface area (Å²) < 4.78 is 4.94. The van der Waals surface area contributed by atoms with Gasteiger partial charge in [-0.2, -0.15) is 0 Å². The van der Waals surface area contributed by atoms with Gasteiger partial charge in [0.1, 0.15) is 0 Å². The lowest BCUT2D eigenvalue weighted by molar-refractivity contribution is -0.142. The molecule has 0 saturated heterocycles. The number of hydrogen-bond acceptors (Lipinski definition) is 5. The van der Waals surface area contributed by atoms with E-state index in [2.05, 4.69) is 0 Å². The van der Waals surface area contributed by atoms with Crippen LogP contribution in [0.15, 0.2) is 36.4 Å². The second-order valence-corrected chi connectivity index (χ2v) is 7.11. The van der Waals surface area contributed by atoms with Gasteiger partial charge in [-0.1, -0.05) is 34.8 Å². The highest BCUT2D eigenvalue weighted by Gasteiger charge is 2.35. The predicted octanol–water partition coefficient (Wildman–Crippen LogP) is 3.71. The third-order valence-corrected chi connectivity index (χ3v) is 4.81. The molecule has 1 aliphatic rings. The number of amides is 2. The van der Waals surface area contributed by atoms with Crippen molar-refractivity contribution >= 4 is 46.8 Å². The van der Waals surface area contributed by atoms with E-state index in [1.54, 1.807) is 18.2 Å². The molecule has 0 fully saturated rings. The van der Waals surface area contributed by atoms with Gasteiger partial charge < -0.3 is 4.74 Å². The highest BCUT2D eigenvalue weighted by Crippen LogP contribution is 2.24. The first-order valence-corrected chi connectivity index (χ1v) is 9.14. The van der Waals surface area contributed by atoms with E-state index < -0.39 is 30.2 Å². The minimum atomic E-state index is -0.703. The van der Waals surface area contributed by atoms with Crippen LogP contribution >= 0.6 is 23.2 Å². The van der Waals surface area contributed by atoms with E-state index in [0.29, 0.717) is 16.1 Å². The summed E-state index contributed by atoms with van der Waals surface area (Å²) in [5.41, 5.74) is 1.69. The third-order valence-electron chi connectivity index (χ3n) is 4.26. The standard InChI is InChI=1S/C20H15Cl2NO5/c1-11-2-4-13-15(8-11)20(27)23(19(13)26)7-6-18(25)28-10-17(24)14-5-3-12(21)9-16(14)22/h2-5,8-9H,6-7,10H2,1H3. The van der Waals surface area contributed by atoms with E-state index in [4.69, 9.17) is 27.9 Å². The molecule has 144 valence electrons. The number of fused-ring (bicyclic) bond motifs is 1. The number of carbonyl (C=O) groups excluding carboxylic acids is 4. The largest absolute Gasteiger partial charge is 0.457 e. The Morgan fingerprint density at radius 2 is 1.71 bits per heavy atom. The van der Waals surface area contributed by atoms with Gasteiger partial charge in [-0.25, -0.2) is 0 Å². The molecular formula is C20H15Cl2NO5. The van der Waals surface area contributed by atoms with E-state index in [9.17, 15) is 19.2 Å². The molecular weight excluding hydrogens is 405 g/mol. The summed E-state index contributed by atoms with van der Waals surface area (Å²) in [5, 5.41) is 0.546. The molecule has 2 aromatic rings. The van der Waals surface area contributed by atoms with Crippen LogP contribution in [0.25, 0.3) is 0 Å². The number of rotatable bonds is 6. The maximum atomic E-state index is 12.4. The number of imide groups is 1. The monoisotopic (exact) mass is 419 g/mol. The molecule has 1 heterocycles. The van der Waals surface area contributed by atoms with Crippen LogP contribution in [0.2, 0.25) is 10.0 Å². The normalized spacial score (nSPS) is 12.9. The Labute approximate surface area is 171 Å². The molecule has 28 heavy (non-hydrogen) atoms. The Bertz CT molecular complexity index is 1000. The summed E-state index contributed by atoms with van der Waals surface area (Å²) >= 11 is 11.7. The van der Waals surface area contributed by atoms with Gasteiger partial charge in [-0.3, -0.25) is 24.1 Å². The number of ketones is 1. The minimum absolute atomic E-state index is 0.125. The average Bonchev–Trinajstić information content (AvgIpc) is 2.88. The SMILES string of the molecule is Cc1ccc2c(c1)C(=O)N(CCC(=O)OCC(=O)c1ccc(Cl)cc1Cl)C2=O. The number of hydrogen-bond donors (Lipinski definition) is 0. The maximum Gasteiger partial charge on any atom is 0.308 e. The second-order valence-electron chi connectivity index (χ2n) is 6.27. The number of benzene rings is 2. The summed E-state index contributed by atoms with van der Waals surface area (Å²) in [4.78, 5) is 49.7. The molecule has 0 saturated carbocycles. The van der Waals surface area contributed by atoms with Gasteiger partial charge in [0, 0.05) is 17.1 Å². The summed E-state index contributed by atoms with van der Waals surface area (Å²) in [6.45, 7) is 1.20. The molecule has 8 heteroatoms. The van der Waals surface area contributed by atoms with Crippen LogP contribution < -0.4 is 0 Å². The van der Waals surface area contributed by atoms with Crippen molar-refractivity contribution in [2.45, 2.75) is 13.3 Å². The predicted molar refractivity (Wildman–Crippen MR) is 103 cm³/mol. The van der Waals surface area contributed by atoms with E-state index in [-0.39, 0.29) is 23.6 Å². The zero-order valence-corrected chi connectivity index (χ0v) is 16.3. The van der Waals surface area contributed by atoms with Crippen molar-refractivity contribution in [1.82, 2.24) is 4.90 Å². The van der Waals surface area contributed by atoms with E-state index in [1.807, 2.05) is 6.92 Å². The smallest absolute Gasteiger partial charge is 0.308 e. The van der Waals surface area contributed by atoms with Crippen molar-refractivity contribution in [2.24, 2.45) is 0 Å². The average molecular weight is 420 g/mol. The lowest BCUT2D eigenvalue weighted by Gasteiger charge is -2.13. The van der Waals surface area contributed by atoms with Crippen LogP contribution in [0, 0.1) is 6.92 Å². The molecule has 0 N–H and O–H groups in total. The van der Waals surface area contributed by atoms with Gasteiger partial charge in [0.25, 0.3) is 11.8 Å². The number of aryl methyl sites for hydroxylation is 1. The molecule has 0 aromatic heterocycles. The summed E-state index contributed by atoms with van der Waals surface area (Å²) in [6.07, 6.45) is -0.216. The number of esters is 1. The molecule has 0 bridgehead atoms. The molecule has 0 spiro atoms. The van der Waals surface area contributed by atoms with E-state index in [0.717, 1.165) is 10.5 Å². The number of halogens is 2. The van der Waals surface area contributed by atoms with Gasteiger partial charge in [0.2, 0.25) is 5.78 Å². The first-order chi connectivity index (χ1) is 13.3. The Hall–Kier alpha value is -2.70. The molecule has 6 nitrogen and oxygen atoms in total. The lowest BCUT2D eigenvalue weighted by atomic mass is 10.1. The quantitative estimate of drug-likeness (QED) is 0.404. The number of nitrogens with zero attached hydrogens (tertiary/aromatic N) is 1. The van der Waals surface area contributed by atoms with Crippen molar-refractivity contribution in [2.75, 3.05) is 13.2 Å². The third kappa shape index (κ3) is 4.08. The molecule has 0 radical (unpaired) electrons. The lowest BCUT2D eigenvalue weighted by Crippen LogP contribution is -2.32. The minimum Gasteiger partial charge on any atom is -0.457 e. The molecule has 1 aliphatic heterocycles. The molecule has 2 aromatic carbocycles. The van der Waals surface area contributed by atoms with Crippen LogP contribution in [0.1, 0.15) is 43.1 Å². The number of Topliss-reactive ketones (excluding diaryl/α,β-unsaturated/α-hetero) is 1. The molecule has 2 amide bonds. The zero-order chi connectivity index (χ0) is 20.4. The van der Waals surface area contributed by atoms with Crippen molar-refractivity contribution in [1.29, 1.82) is 0 Å². The second kappa shape index (κ2) is 8.12. The van der Waals surface area contributed by atoms with Crippen molar-refractivity contribution in [3.8, 4) is 0 Å². The van der Waals surface area contributed by atoms with Gasteiger partial charge in [0.15, 0.2) is 6.61 Å². The Kier molecular flexibility index (Phi) is 5.82. The van der Waals surface area contributed by atoms with Crippen LogP contribution in [-0.4, -0.2) is 41.6 Å². The van der Waals surface area contributed by atoms with E-state index in [1.165, 1.54) is 18.2 Å². The van der Waals surface area contributed by atoms with E-state index >= 15 is 0 Å². The fourth-order valence-corrected chi connectivity index (χ4v) is 3.34. The fourth-order valence-electron chi connectivity index (χ4n) is 2.82. The van der Waals surface area contributed by atoms with Crippen LogP contribution in [-0.2, 0) is 9.53 Å². The highest BCUT2D eigenvalue weighted by molar-refractivity contribution is 6.36. The first-order valence-electron chi connectivity index (χ1n) is 8.38. The molecule has 0 atom stereocenters. The molecule has 0 aliphatic carbocycles. The molecule has 0 unspecified atom stereocenters. The van der Waals surface area contributed by atoms with Crippen molar-refractivity contribution < 1.29 is 23.9 Å². The summed E-state index contributed by atoms with van der Waals surface area (Å²) in [6, 6.07) is 9.35. The first kappa shape index (κ1) is 20.0. The van der Waals surface area contributed by atoms with Gasteiger partial charge >= 0.3 is 5.97 Å². The fraction of sp³-hybridized carbons (Fsp3) is 0.200. The Morgan fingerprint density at radius 3 is 2.43 bits per heavy atom. The summed E-state index contributed by atoms with van der Waals surface area (Å²) in [7, 11) is 0. The Balaban J connectivity index is 1.54. The van der Waals surface area contributed by atoms with Crippen molar-refractivity contribution in [3.63, 3.8) is 0 Å². The van der Waals surface area contributed by atoms with Crippen LogP contribution in [0.3, 0.4) is 0 Å². The van der Waals surface area contributed by atoms with Gasteiger partial charge in [-0.05, 0) is 37.3 Å². The topological polar surface area (TPSA) is 80.8 Å². The number of ether oxygens (including phenoxy) is 1. The highest BCUT2D eigenvalue weighted by atomic mass is 35.5. The summed E-state index contributed by atoms with van der Waals surface area (Å²) in [5.74, 6) is -2.07. The molecule has 3 rings (SSSR count). The maximum absolute atomic E-state index is 12.4. The Morgan fingerprint density at radius 1 is 1.00 bits per heavy atom. The van der Waals surface area contributed by atoms with Gasteiger partial charge in [-0.15, -0.1) is 0 Å². The number of carbonyl (C=O) groups is 4. The zero-order valence-electron chi connectivity index (χ0n) is 14.8. The van der Waals surface area contributed by atoms with Crippen molar-refractivity contribution in [3.05, 3.63) is 68.7 Å². The van der Waals surface area contributed by atoms with Crippen LogP contribution in [0.5, 0.6) is 0 Å².